The van der Waals surface area contributed by atoms with Gasteiger partial charge in [0.05, 0.1) is 0 Å². The van der Waals surface area contributed by atoms with Gasteiger partial charge in [-0.3, -0.25) is 0 Å². The van der Waals surface area contributed by atoms with Gasteiger partial charge in [0.1, 0.15) is 12.4 Å². The maximum absolute atomic E-state index is 5.93. The highest BCUT2D eigenvalue weighted by molar-refractivity contribution is 5.85. The van der Waals surface area contributed by atoms with Gasteiger partial charge < -0.3 is 9.30 Å². The lowest BCUT2D eigenvalue weighted by molar-refractivity contribution is 0.306. The van der Waals surface area contributed by atoms with Crippen LogP contribution in [0.25, 0.3) is 10.9 Å². The molecule has 0 amide bonds. The molecular weight excluding hydrogens is 258 g/mol. The topological polar surface area (TPSA) is 14.2 Å². The van der Waals surface area contributed by atoms with E-state index in [0.717, 1.165) is 18.6 Å². The van der Waals surface area contributed by atoms with Crippen LogP contribution in [-0.4, -0.2) is 4.57 Å². The molecule has 2 heteroatoms. The second kappa shape index (κ2) is 6.04. The van der Waals surface area contributed by atoms with Crippen molar-refractivity contribution in [1.82, 2.24) is 4.57 Å². The van der Waals surface area contributed by atoms with Crippen molar-refractivity contribution in [1.29, 1.82) is 0 Å². The highest BCUT2D eigenvalue weighted by atomic mass is 16.5. The quantitative estimate of drug-likeness (QED) is 0.659. The monoisotopic (exact) mass is 279 g/mol. The summed E-state index contributed by atoms with van der Waals surface area (Å²) in [6.07, 6.45) is 4.50. The number of hydrogen-bond donors (Lipinski definition) is 0. The van der Waals surface area contributed by atoms with E-state index < -0.39 is 0 Å². The standard InChI is InChI=1S/C19H21NO/c1-3-7-16-13-20(2)19-11-10-17(12-18(16)19)21-14-15-8-5-4-6-9-15/h4-6,8-13H,3,7,14H2,1-2H3. The van der Waals surface area contributed by atoms with Gasteiger partial charge in [0.2, 0.25) is 0 Å². The summed E-state index contributed by atoms with van der Waals surface area (Å²) in [7, 11) is 2.10. The summed E-state index contributed by atoms with van der Waals surface area (Å²) >= 11 is 0. The molecule has 0 saturated heterocycles. The minimum atomic E-state index is 0.613. The van der Waals surface area contributed by atoms with Gasteiger partial charge in [0.25, 0.3) is 0 Å². The molecule has 0 aliphatic rings. The van der Waals surface area contributed by atoms with Crippen LogP contribution in [0.15, 0.2) is 54.7 Å². The predicted octanol–water partition coefficient (Wildman–Crippen LogP) is 4.71. The first-order valence-electron chi connectivity index (χ1n) is 7.52. The number of aromatic nitrogens is 1. The summed E-state index contributed by atoms with van der Waals surface area (Å²) in [6.45, 7) is 2.83. The van der Waals surface area contributed by atoms with Gasteiger partial charge in [-0.25, -0.2) is 0 Å². The van der Waals surface area contributed by atoms with Gasteiger partial charge in [-0.2, -0.15) is 0 Å². The lowest BCUT2D eigenvalue weighted by atomic mass is 10.1. The molecule has 1 heterocycles. The van der Waals surface area contributed by atoms with Gasteiger partial charge in [-0.15, -0.1) is 0 Å². The zero-order chi connectivity index (χ0) is 14.7. The summed E-state index contributed by atoms with van der Waals surface area (Å²) in [4.78, 5) is 0. The first kappa shape index (κ1) is 13.7. The largest absolute Gasteiger partial charge is 0.489 e. The van der Waals surface area contributed by atoms with Gasteiger partial charge in [-0.1, -0.05) is 43.7 Å². The van der Waals surface area contributed by atoms with Crippen LogP contribution < -0.4 is 4.74 Å². The van der Waals surface area contributed by atoms with E-state index in [-0.39, 0.29) is 0 Å². The Hall–Kier alpha value is -2.22. The van der Waals surface area contributed by atoms with E-state index in [9.17, 15) is 0 Å². The van der Waals surface area contributed by atoms with Crippen LogP contribution in [0.1, 0.15) is 24.5 Å². The van der Waals surface area contributed by atoms with Crippen LogP contribution in [0.3, 0.4) is 0 Å². The predicted molar refractivity (Wildman–Crippen MR) is 87.7 cm³/mol. The average Bonchev–Trinajstić information content (AvgIpc) is 2.83. The molecule has 3 aromatic rings. The molecule has 0 radical (unpaired) electrons. The summed E-state index contributed by atoms with van der Waals surface area (Å²) in [6, 6.07) is 16.7. The second-order valence-corrected chi connectivity index (χ2v) is 5.47. The van der Waals surface area contributed by atoms with Crippen molar-refractivity contribution in [2.75, 3.05) is 0 Å². The third-order valence-corrected chi connectivity index (χ3v) is 3.81. The van der Waals surface area contributed by atoms with Crippen LogP contribution in [0.2, 0.25) is 0 Å². The van der Waals surface area contributed by atoms with Crippen molar-refractivity contribution in [3.63, 3.8) is 0 Å². The minimum absolute atomic E-state index is 0.613. The SMILES string of the molecule is CCCc1cn(C)c2ccc(OCc3ccccc3)cc12. The molecule has 1 aromatic heterocycles. The van der Waals surface area contributed by atoms with Crippen molar-refractivity contribution >= 4 is 10.9 Å². The lowest BCUT2D eigenvalue weighted by Gasteiger charge is -2.07. The smallest absolute Gasteiger partial charge is 0.120 e. The molecule has 0 N–H and O–H groups in total. The first-order valence-corrected chi connectivity index (χ1v) is 7.52. The van der Waals surface area contributed by atoms with E-state index in [2.05, 4.69) is 55.1 Å². The Labute approximate surface area is 126 Å². The second-order valence-electron chi connectivity index (χ2n) is 5.47. The third-order valence-electron chi connectivity index (χ3n) is 3.81. The summed E-state index contributed by atoms with van der Waals surface area (Å²) in [5.74, 6) is 0.940. The molecular formula is C19H21NO. The molecule has 0 aliphatic carbocycles. The number of fused-ring (bicyclic) bond motifs is 1. The van der Waals surface area contributed by atoms with E-state index in [4.69, 9.17) is 4.74 Å². The van der Waals surface area contributed by atoms with E-state index in [0.29, 0.717) is 6.61 Å². The molecule has 0 fully saturated rings. The van der Waals surface area contributed by atoms with Gasteiger partial charge in [-0.05, 0) is 35.7 Å². The van der Waals surface area contributed by atoms with Crippen LogP contribution >= 0.6 is 0 Å². The maximum Gasteiger partial charge on any atom is 0.120 e. The Morgan fingerprint density at radius 2 is 1.86 bits per heavy atom. The fourth-order valence-corrected chi connectivity index (χ4v) is 2.75. The number of ether oxygens (including phenoxy) is 1. The lowest BCUT2D eigenvalue weighted by Crippen LogP contribution is -1.95. The number of benzene rings is 2. The van der Waals surface area contributed by atoms with E-state index in [1.54, 1.807) is 0 Å². The zero-order valence-corrected chi connectivity index (χ0v) is 12.7. The molecule has 108 valence electrons. The normalized spacial score (nSPS) is 11.0. The molecule has 3 rings (SSSR count). The number of aryl methyl sites for hydroxylation is 2. The molecule has 0 unspecified atom stereocenters. The number of nitrogens with zero attached hydrogens (tertiary/aromatic N) is 1. The first-order chi connectivity index (χ1) is 10.3. The van der Waals surface area contributed by atoms with Crippen molar-refractivity contribution in [2.24, 2.45) is 7.05 Å². The van der Waals surface area contributed by atoms with Crippen molar-refractivity contribution < 1.29 is 4.74 Å². The Bertz CT molecular complexity index is 728. The van der Waals surface area contributed by atoms with E-state index in [1.807, 2.05) is 18.2 Å². The van der Waals surface area contributed by atoms with Crippen molar-refractivity contribution in [3.05, 3.63) is 65.9 Å². The van der Waals surface area contributed by atoms with E-state index in [1.165, 1.54) is 22.0 Å². The van der Waals surface area contributed by atoms with Crippen molar-refractivity contribution in [2.45, 2.75) is 26.4 Å². The van der Waals surface area contributed by atoms with Gasteiger partial charge >= 0.3 is 0 Å². The Morgan fingerprint density at radius 1 is 1.05 bits per heavy atom. The summed E-state index contributed by atoms with van der Waals surface area (Å²) < 4.78 is 8.13. The average molecular weight is 279 g/mol. The van der Waals surface area contributed by atoms with E-state index >= 15 is 0 Å². The molecule has 0 saturated carbocycles. The highest BCUT2D eigenvalue weighted by Crippen LogP contribution is 2.26. The molecule has 0 spiro atoms. The van der Waals surface area contributed by atoms with Crippen LogP contribution in [0.5, 0.6) is 5.75 Å². The highest BCUT2D eigenvalue weighted by Gasteiger charge is 2.07. The summed E-state index contributed by atoms with van der Waals surface area (Å²) in [5.41, 5.74) is 3.87. The Morgan fingerprint density at radius 3 is 2.62 bits per heavy atom. The Balaban J connectivity index is 1.84. The van der Waals surface area contributed by atoms with Crippen LogP contribution in [0.4, 0.5) is 0 Å². The molecule has 21 heavy (non-hydrogen) atoms. The molecule has 0 aliphatic heterocycles. The van der Waals surface area contributed by atoms with Crippen molar-refractivity contribution in [3.8, 4) is 5.75 Å². The molecule has 0 bridgehead atoms. The zero-order valence-electron chi connectivity index (χ0n) is 12.7. The molecule has 2 nitrogen and oxygen atoms in total. The maximum atomic E-state index is 5.93. The molecule has 2 aromatic carbocycles. The minimum Gasteiger partial charge on any atom is -0.489 e. The van der Waals surface area contributed by atoms with Crippen LogP contribution in [0, 0.1) is 0 Å². The molecule has 0 atom stereocenters. The number of hydrogen-bond acceptors (Lipinski definition) is 1. The Kier molecular flexibility index (Phi) is 3.96. The van der Waals surface area contributed by atoms with Crippen LogP contribution in [-0.2, 0) is 20.1 Å². The van der Waals surface area contributed by atoms with Gasteiger partial charge in [0.15, 0.2) is 0 Å². The number of rotatable bonds is 5. The fourth-order valence-electron chi connectivity index (χ4n) is 2.75. The van der Waals surface area contributed by atoms with Gasteiger partial charge in [0, 0.05) is 24.1 Å². The summed E-state index contributed by atoms with van der Waals surface area (Å²) in [5, 5.41) is 1.31. The third kappa shape index (κ3) is 2.94. The fraction of sp³-hybridized carbons (Fsp3) is 0.263.